The summed E-state index contributed by atoms with van der Waals surface area (Å²) in [4.78, 5) is 2.65. The average Bonchev–Trinajstić information content (AvgIpc) is 2.99. The zero-order valence-corrected chi connectivity index (χ0v) is 9.91. The lowest BCUT2D eigenvalue weighted by Crippen LogP contribution is -2.56. The summed E-state index contributed by atoms with van der Waals surface area (Å²) in [7, 11) is 0. The van der Waals surface area contributed by atoms with Crippen molar-refractivity contribution in [1.82, 2.24) is 10.2 Å². The molecule has 0 amide bonds. The van der Waals surface area contributed by atoms with Gasteiger partial charge < -0.3 is 10.2 Å². The van der Waals surface area contributed by atoms with Crippen LogP contribution in [-0.4, -0.2) is 36.6 Å². The lowest BCUT2D eigenvalue weighted by atomic mass is 9.84. The van der Waals surface area contributed by atoms with Crippen LogP contribution in [0.4, 0.5) is 0 Å². The number of nitrogens with one attached hydrogen (secondary N) is 1. The topological polar surface area (TPSA) is 15.3 Å². The number of hydrogen-bond donors (Lipinski definition) is 1. The molecule has 0 spiro atoms. The van der Waals surface area contributed by atoms with Gasteiger partial charge in [-0.3, -0.25) is 0 Å². The molecular weight excluding hydrogens is 184 g/mol. The molecule has 86 valence electrons. The van der Waals surface area contributed by atoms with Crippen molar-refractivity contribution >= 4 is 0 Å². The summed E-state index contributed by atoms with van der Waals surface area (Å²) in [6.45, 7) is 6.38. The van der Waals surface area contributed by atoms with Gasteiger partial charge >= 0.3 is 0 Å². The number of rotatable bonds is 4. The summed E-state index contributed by atoms with van der Waals surface area (Å²) in [6, 6.07) is 1.72. The molecule has 2 heteroatoms. The first kappa shape index (κ1) is 10.1. The van der Waals surface area contributed by atoms with Gasteiger partial charge in [-0.15, -0.1) is 0 Å². The smallest absolute Gasteiger partial charge is 0.0226 e. The Balaban J connectivity index is 1.48. The Labute approximate surface area is 93.4 Å². The second-order valence-corrected chi connectivity index (χ2v) is 5.80. The van der Waals surface area contributed by atoms with Crippen molar-refractivity contribution in [3.63, 3.8) is 0 Å². The first-order valence-electron chi connectivity index (χ1n) is 6.85. The summed E-state index contributed by atoms with van der Waals surface area (Å²) in [5, 5.41) is 3.92. The molecule has 4 fully saturated rings. The summed E-state index contributed by atoms with van der Waals surface area (Å²) in [6.07, 6.45) is 7.16. The third-order valence-corrected chi connectivity index (χ3v) is 4.67. The fraction of sp³-hybridized carbons (Fsp3) is 1.00. The molecule has 1 saturated carbocycles. The fourth-order valence-corrected chi connectivity index (χ4v) is 3.57. The van der Waals surface area contributed by atoms with Crippen LogP contribution in [0.2, 0.25) is 0 Å². The van der Waals surface area contributed by atoms with E-state index in [4.69, 9.17) is 0 Å². The molecule has 15 heavy (non-hydrogen) atoms. The molecule has 0 aromatic rings. The lowest BCUT2D eigenvalue weighted by Gasteiger charge is -2.45. The Kier molecular flexibility index (Phi) is 2.73. The van der Waals surface area contributed by atoms with Crippen molar-refractivity contribution in [2.45, 2.75) is 51.1 Å². The Morgan fingerprint density at radius 3 is 2.60 bits per heavy atom. The predicted octanol–water partition coefficient (Wildman–Crippen LogP) is 1.86. The quantitative estimate of drug-likeness (QED) is 0.758. The molecule has 1 N–H and O–H groups in total. The first-order chi connectivity index (χ1) is 7.36. The number of piperidine rings is 3. The van der Waals surface area contributed by atoms with E-state index < -0.39 is 0 Å². The van der Waals surface area contributed by atoms with Crippen LogP contribution in [0.25, 0.3) is 0 Å². The van der Waals surface area contributed by atoms with Crippen molar-refractivity contribution in [2.75, 3.05) is 19.6 Å². The minimum Gasteiger partial charge on any atom is -0.309 e. The van der Waals surface area contributed by atoms with Crippen LogP contribution in [0.1, 0.15) is 39.0 Å². The van der Waals surface area contributed by atoms with Gasteiger partial charge in [0.25, 0.3) is 0 Å². The molecule has 0 aromatic carbocycles. The standard InChI is InChI=1S/C13H24N2/c1-2-3-11-8-12(11)14-13-9-15-6-4-10(13)5-7-15/h10-14H,2-9H2,1H3. The highest BCUT2D eigenvalue weighted by Crippen LogP contribution is 2.37. The summed E-state index contributed by atoms with van der Waals surface area (Å²) >= 11 is 0. The van der Waals surface area contributed by atoms with Crippen molar-refractivity contribution in [3.05, 3.63) is 0 Å². The summed E-state index contributed by atoms with van der Waals surface area (Å²) in [5.74, 6) is 2.02. The van der Waals surface area contributed by atoms with Gasteiger partial charge in [0.1, 0.15) is 0 Å². The highest BCUT2D eigenvalue weighted by molar-refractivity contribution is 4.99. The van der Waals surface area contributed by atoms with Crippen molar-refractivity contribution < 1.29 is 0 Å². The highest BCUT2D eigenvalue weighted by atomic mass is 15.2. The van der Waals surface area contributed by atoms with E-state index in [9.17, 15) is 0 Å². The number of fused-ring (bicyclic) bond motifs is 3. The summed E-state index contributed by atoms with van der Waals surface area (Å²) < 4.78 is 0. The van der Waals surface area contributed by atoms with Crippen LogP contribution in [-0.2, 0) is 0 Å². The second-order valence-electron chi connectivity index (χ2n) is 5.80. The Morgan fingerprint density at radius 1 is 1.20 bits per heavy atom. The molecule has 0 radical (unpaired) electrons. The molecule has 3 saturated heterocycles. The van der Waals surface area contributed by atoms with Gasteiger partial charge in [-0.05, 0) is 50.6 Å². The molecule has 3 unspecified atom stereocenters. The second kappa shape index (κ2) is 4.06. The maximum atomic E-state index is 3.92. The van der Waals surface area contributed by atoms with Crippen LogP contribution >= 0.6 is 0 Å². The molecule has 4 aliphatic rings. The SMILES string of the molecule is CCCC1CC1NC1CN2CCC1CC2. The Bertz CT molecular complexity index is 221. The van der Waals surface area contributed by atoms with Crippen molar-refractivity contribution in [3.8, 4) is 0 Å². The van der Waals surface area contributed by atoms with E-state index in [2.05, 4.69) is 17.1 Å². The van der Waals surface area contributed by atoms with E-state index in [0.29, 0.717) is 0 Å². The maximum Gasteiger partial charge on any atom is 0.0226 e. The third kappa shape index (κ3) is 2.07. The van der Waals surface area contributed by atoms with Gasteiger partial charge in [0.15, 0.2) is 0 Å². The normalized spacial score (nSPS) is 48.2. The molecule has 4 rings (SSSR count). The molecule has 1 aliphatic carbocycles. The minimum absolute atomic E-state index is 0.833. The zero-order valence-electron chi connectivity index (χ0n) is 9.91. The van der Waals surface area contributed by atoms with E-state index in [-0.39, 0.29) is 0 Å². The molecule has 2 nitrogen and oxygen atoms in total. The van der Waals surface area contributed by atoms with Crippen LogP contribution in [0.15, 0.2) is 0 Å². The molecule has 2 bridgehead atoms. The predicted molar refractivity (Wildman–Crippen MR) is 62.9 cm³/mol. The highest BCUT2D eigenvalue weighted by Gasteiger charge is 2.41. The van der Waals surface area contributed by atoms with E-state index in [1.165, 1.54) is 51.7 Å². The molecule has 0 aromatic heterocycles. The average molecular weight is 208 g/mol. The first-order valence-corrected chi connectivity index (χ1v) is 6.85. The van der Waals surface area contributed by atoms with Gasteiger partial charge in [0, 0.05) is 18.6 Å². The molecule has 3 aliphatic heterocycles. The van der Waals surface area contributed by atoms with Gasteiger partial charge in [-0.2, -0.15) is 0 Å². The monoisotopic (exact) mass is 208 g/mol. The van der Waals surface area contributed by atoms with Crippen LogP contribution in [0, 0.1) is 11.8 Å². The zero-order chi connectivity index (χ0) is 10.3. The van der Waals surface area contributed by atoms with Gasteiger partial charge in [0.2, 0.25) is 0 Å². The van der Waals surface area contributed by atoms with Crippen molar-refractivity contribution in [2.24, 2.45) is 11.8 Å². The minimum atomic E-state index is 0.833. The fourth-order valence-electron chi connectivity index (χ4n) is 3.57. The number of hydrogen-bond acceptors (Lipinski definition) is 2. The Morgan fingerprint density at radius 2 is 2.00 bits per heavy atom. The van der Waals surface area contributed by atoms with Crippen LogP contribution < -0.4 is 5.32 Å². The molecule has 3 atom stereocenters. The van der Waals surface area contributed by atoms with Gasteiger partial charge in [-0.1, -0.05) is 13.3 Å². The van der Waals surface area contributed by atoms with Gasteiger partial charge in [0.05, 0.1) is 0 Å². The van der Waals surface area contributed by atoms with Gasteiger partial charge in [-0.25, -0.2) is 0 Å². The van der Waals surface area contributed by atoms with E-state index >= 15 is 0 Å². The van der Waals surface area contributed by atoms with Crippen LogP contribution in [0.5, 0.6) is 0 Å². The lowest BCUT2D eigenvalue weighted by molar-refractivity contribution is 0.0712. The van der Waals surface area contributed by atoms with Crippen molar-refractivity contribution in [1.29, 1.82) is 0 Å². The summed E-state index contributed by atoms with van der Waals surface area (Å²) in [5.41, 5.74) is 0. The molecule has 3 heterocycles. The van der Waals surface area contributed by atoms with E-state index in [0.717, 1.165) is 23.9 Å². The number of nitrogens with zero attached hydrogens (tertiary/aromatic N) is 1. The Hall–Kier alpha value is -0.0800. The third-order valence-electron chi connectivity index (χ3n) is 4.67. The van der Waals surface area contributed by atoms with Crippen LogP contribution in [0.3, 0.4) is 0 Å². The maximum absolute atomic E-state index is 3.92. The molecular formula is C13H24N2. The van der Waals surface area contributed by atoms with E-state index in [1.54, 1.807) is 0 Å². The van der Waals surface area contributed by atoms with E-state index in [1.807, 2.05) is 0 Å². The largest absolute Gasteiger partial charge is 0.309 e.